The molecule has 2 aromatic rings. The molecule has 0 spiro atoms. The van der Waals surface area contributed by atoms with E-state index in [-0.39, 0.29) is 23.6 Å². The highest BCUT2D eigenvalue weighted by atomic mass is 16.5. The van der Waals surface area contributed by atoms with Gasteiger partial charge in [0.1, 0.15) is 11.5 Å². The number of hydrogen-bond donors (Lipinski definition) is 3. The molecule has 24 heavy (non-hydrogen) atoms. The minimum Gasteiger partial charge on any atom is -0.507 e. The van der Waals surface area contributed by atoms with Crippen molar-refractivity contribution in [2.45, 2.75) is 19.8 Å². The first-order chi connectivity index (χ1) is 11.6. The van der Waals surface area contributed by atoms with Gasteiger partial charge >= 0.3 is 0 Å². The quantitative estimate of drug-likeness (QED) is 0.709. The molecule has 0 unspecified atom stereocenters. The number of aryl methyl sites for hydroxylation is 1. The van der Waals surface area contributed by atoms with Crippen molar-refractivity contribution in [2.24, 2.45) is 0 Å². The predicted molar refractivity (Wildman–Crippen MR) is 89.6 cm³/mol. The van der Waals surface area contributed by atoms with E-state index in [1.807, 2.05) is 31.2 Å². The molecule has 0 aliphatic carbocycles. The Labute approximate surface area is 140 Å². The van der Waals surface area contributed by atoms with E-state index in [2.05, 4.69) is 10.9 Å². The predicted octanol–water partition coefficient (Wildman–Crippen LogP) is 2.18. The Morgan fingerprint density at radius 3 is 2.50 bits per heavy atom. The van der Waals surface area contributed by atoms with Gasteiger partial charge in [-0.1, -0.05) is 30.3 Å². The number of aromatic hydroxyl groups is 1. The molecule has 3 N–H and O–H groups in total. The number of carbonyl (C=O) groups is 2. The van der Waals surface area contributed by atoms with E-state index in [0.29, 0.717) is 13.0 Å². The van der Waals surface area contributed by atoms with Crippen LogP contribution in [0.15, 0.2) is 48.5 Å². The van der Waals surface area contributed by atoms with Gasteiger partial charge in [-0.15, -0.1) is 0 Å². The Bertz CT molecular complexity index is 716. The highest BCUT2D eigenvalue weighted by Crippen LogP contribution is 2.19. The van der Waals surface area contributed by atoms with Crippen LogP contribution in [0.2, 0.25) is 0 Å². The van der Waals surface area contributed by atoms with Crippen LogP contribution in [-0.4, -0.2) is 23.5 Å². The van der Waals surface area contributed by atoms with Gasteiger partial charge in [0.05, 0.1) is 12.2 Å². The largest absolute Gasteiger partial charge is 0.507 e. The van der Waals surface area contributed by atoms with E-state index in [1.54, 1.807) is 12.1 Å². The minimum absolute atomic E-state index is 0.0968. The van der Waals surface area contributed by atoms with Crippen LogP contribution >= 0.6 is 0 Å². The van der Waals surface area contributed by atoms with Gasteiger partial charge < -0.3 is 9.84 Å². The van der Waals surface area contributed by atoms with E-state index in [1.165, 1.54) is 12.1 Å². The molecule has 0 aliphatic heterocycles. The zero-order valence-electron chi connectivity index (χ0n) is 13.4. The third-order valence-corrected chi connectivity index (χ3v) is 3.36. The Morgan fingerprint density at radius 1 is 1.04 bits per heavy atom. The molecule has 0 fully saturated rings. The van der Waals surface area contributed by atoms with Gasteiger partial charge in [-0.3, -0.25) is 20.4 Å². The molecule has 6 nitrogen and oxygen atoms in total. The fourth-order valence-corrected chi connectivity index (χ4v) is 2.18. The highest BCUT2D eigenvalue weighted by molar-refractivity contribution is 5.97. The van der Waals surface area contributed by atoms with E-state index >= 15 is 0 Å². The van der Waals surface area contributed by atoms with Crippen LogP contribution in [0.25, 0.3) is 0 Å². The Kier molecular flexibility index (Phi) is 6.19. The monoisotopic (exact) mass is 328 g/mol. The third-order valence-electron chi connectivity index (χ3n) is 3.36. The molecule has 0 aromatic heterocycles. The van der Waals surface area contributed by atoms with Crippen molar-refractivity contribution in [3.05, 3.63) is 59.7 Å². The van der Waals surface area contributed by atoms with Gasteiger partial charge in [-0.2, -0.15) is 0 Å². The van der Waals surface area contributed by atoms with Crippen molar-refractivity contribution in [1.82, 2.24) is 10.9 Å². The Hall–Kier alpha value is -3.02. The van der Waals surface area contributed by atoms with Crippen molar-refractivity contribution < 1.29 is 19.4 Å². The number of rotatable bonds is 6. The highest BCUT2D eigenvalue weighted by Gasteiger charge is 2.11. The lowest BCUT2D eigenvalue weighted by molar-refractivity contribution is -0.121. The number of nitrogens with one attached hydrogen (secondary N) is 2. The Morgan fingerprint density at radius 2 is 1.75 bits per heavy atom. The SMILES string of the molecule is CCOc1ccccc1CCC(=O)NNC(=O)c1ccccc1O. The number of hydrazine groups is 1. The zero-order valence-corrected chi connectivity index (χ0v) is 13.4. The van der Waals surface area contributed by atoms with E-state index in [9.17, 15) is 14.7 Å². The number of amides is 2. The summed E-state index contributed by atoms with van der Waals surface area (Å²) in [5.74, 6) is -0.290. The third kappa shape index (κ3) is 4.74. The van der Waals surface area contributed by atoms with E-state index < -0.39 is 5.91 Å². The van der Waals surface area contributed by atoms with Crippen LogP contribution in [-0.2, 0) is 11.2 Å². The number of para-hydroxylation sites is 2. The summed E-state index contributed by atoms with van der Waals surface area (Å²) in [7, 11) is 0. The smallest absolute Gasteiger partial charge is 0.273 e. The average Bonchev–Trinajstić information content (AvgIpc) is 2.59. The van der Waals surface area contributed by atoms with Crippen LogP contribution in [0.4, 0.5) is 0 Å². The molecule has 0 bridgehead atoms. The molecule has 0 heterocycles. The molecule has 0 saturated heterocycles. The van der Waals surface area contributed by atoms with E-state index in [0.717, 1.165) is 11.3 Å². The summed E-state index contributed by atoms with van der Waals surface area (Å²) in [6, 6.07) is 13.6. The number of ether oxygens (including phenoxy) is 1. The number of carbonyl (C=O) groups excluding carboxylic acids is 2. The van der Waals surface area contributed by atoms with Gasteiger partial charge in [-0.05, 0) is 37.1 Å². The molecule has 2 amide bonds. The molecule has 0 saturated carbocycles. The van der Waals surface area contributed by atoms with Gasteiger partial charge in [0.2, 0.25) is 5.91 Å². The van der Waals surface area contributed by atoms with Gasteiger partial charge in [0.25, 0.3) is 5.91 Å². The molecule has 2 aromatic carbocycles. The fourth-order valence-electron chi connectivity index (χ4n) is 2.18. The first-order valence-corrected chi connectivity index (χ1v) is 7.69. The summed E-state index contributed by atoms with van der Waals surface area (Å²) < 4.78 is 5.51. The molecule has 0 atom stereocenters. The molecule has 126 valence electrons. The van der Waals surface area contributed by atoms with Crippen molar-refractivity contribution in [3.8, 4) is 11.5 Å². The number of phenols is 1. The maximum absolute atomic E-state index is 11.9. The summed E-state index contributed by atoms with van der Waals surface area (Å²) in [6.07, 6.45) is 0.694. The number of hydrogen-bond acceptors (Lipinski definition) is 4. The van der Waals surface area contributed by atoms with Gasteiger partial charge in [0, 0.05) is 6.42 Å². The lowest BCUT2D eigenvalue weighted by Gasteiger charge is -2.11. The summed E-state index contributed by atoms with van der Waals surface area (Å²) >= 11 is 0. The standard InChI is InChI=1S/C18H20N2O4/c1-2-24-16-10-6-3-7-13(16)11-12-17(22)19-20-18(23)14-8-4-5-9-15(14)21/h3-10,21H,2,11-12H2,1H3,(H,19,22)(H,20,23). The first kappa shape index (κ1) is 17.3. The minimum atomic E-state index is -0.573. The maximum Gasteiger partial charge on any atom is 0.273 e. The first-order valence-electron chi connectivity index (χ1n) is 7.69. The lowest BCUT2D eigenvalue weighted by Crippen LogP contribution is -2.41. The molecule has 0 aliphatic rings. The molecular weight excluding hydrogens is 308 g/mol. The summed E-state index contributed by atoms with van der Waals surface area (Å²) in [5.41, 5.74) is 5.65. The zero-order chi connectivity index (χ0) is 17.4. The normalized spacial score (nSPS) is 10.0. The average molecular weight is 328 g/mol. The van der Waals surface area contributed by atoms with Crippen LogP contribution in [0.1, 0.15) is 29.3 Å². The van der Waals surface area contributed by atoms with E-state index in [4.69, 9.17) is 4.74 Å². The maximum atomic E-state index is 11.9. The van der Waals surface area contributed by atoms with Crippen molar-refractivity contribution in [2.75, 3.05) is 6.61 Å². The molecule has 0 radical (unpaired) electrons. The molecule has 6 heteroatoms. The summed E-state index contributed by atoms with van der Waals surface area (Å²) in [5, 5.41) is 9.59. The summed E-state index contributed by atoms with van der Waals surface area (Å²) in [6.45, 7) is 2.46. The second-order valence-corrected chi connectivity index (χ2v) is 5.06. The number of benzene rings is 2. The molecular formula is C18H20N2O4. The second kappa shape index (κ2) is 8.57. The Balaban J connectivity index is 1.84. The van der Waals surface area contributed by atoms with Crippen LogP contribution < -0.4 is 15.6 Å². The number of phenolic OH excluding ortho intramolecular Hbond substituents is 1. The van der Waals surface area contributed by atoms with Gasteiger partial charge in [-0.25, -0.2) is 0 Å². The molecule has 2 rings (SSSR count). The fraction of sp³-hybridized carbons (Fsp3) is 0.222. The van der Waals surface area contributed by atoms with Crippen molar-refractivity contribution in [3.63, 3.8) is 0 Å². The lowest BCUT2D eigenvalue weighted by atomic mass is 10.1. The van der Waals surface area contributed by atoms with Crippen molar-refractivity contribution >= 4 is 11.8 Å². The topological polar surface area (TPSA) is 87.7 Å². The second-order valence-electron chi connectivity index (χ2n) is 5.06. The van der Waals surface area contributed by atoms with Crippen LogP contribution in [0.3, 0.4) is 0 Å². The van der Waals surface area contributed by atoms with Crippen molar-refractivity contribution in [1.29, 1.82) is 0 Å². The summed E-state index contributed by atoms with van der Waals surface area (Å²) in [4.78, 5) is 23.8. The van der Waals surface area contributed by atoms with Crippen LogP contribution in [0, 0.1) is 0 Å². The van der Waals surface area contributed by atoms with Gasteiger partial charge in [0.15, 0.2) is 0 Å². The van der Waals surface area contributed by atoms with Crippen LogP contribution in [0.5, 0.6) is 11.5 Å².